The van der Waals surface area contributed by atoms with E-state index in [0.29, 0.717) is 25.4 Å². The second-order valence-corrected chi connectivity index (χ2v) is 7.20. The van der Waals surface area contributed by atoms with Gasteiger partial charge in [-0.15, -0.1) is 0 Å². The molecule has 0 bridgehead atoms. The summed E-state index contributed by atoms with van der Waals surface area (Å²) >= 11 is 0. The molecule has 0 saturated carbocycles. The van der Waals surface area contributed by atoms with Gasteiger partial charge in [-0.3, -0.25) is 0 Å². The SMILES string of the molecule is CC(CCNS(=O)(=O)C1CCNC1)c1ccccc1. The van der Waals surface area contributed by atoms with Crippen LogP contribution < -0.4 is 10.0 Å². The van der Waals surface area contributed by atoms with Crippen LogP contribution in [-0.2, 0) is 10.0 Å². The van der Waals surface area contributed by atoms with Crippen LogP contribution in [0.1, 0.15) is 31.2 Å². The third-order valence-electron chi connectivity index (χ3n) is 3.70. The van der Waals surface area contributed by atoms with E-state index in [1.807, 2.05) is 18.2 Å². The van der Waals surface area contributed by atoms with Gasteiger partial charge >= 0.3 is 0 Å². The van der Waals surface area contributed by atoms with Gasteiger partial charge < -0.3 is 5.32 Å². The summed E-state index contributed by atoms with van der Waals surface area (Å²) in [5.41, 5.74) is 1.25. The van der Waals surface area contributed by atoms with Crippen molar-refractivity contribution < 1.29 is 8.42 Å². The number of hydrogen-bond donors (Lipinski definition) is 2. The molecule has 1 aromatic carbocycles. The maximum Gasteiger partial charge on any atom is 0.215 e. The fourth-order valence-corrected chi connectivity index (χ4v) is 3.78. The number of benzene rings is 1. The predicted octanol–water partition coefficient (Wildman–Crippen LogP) is 1.46. The standard InChI is InChI=1S/C14H22N2O2S/c1-12(13-5-3-2-4-6-13)7-10-16-19(17,18)14-8-9-15-11-14/h2-6,12,14-16H,7-11H2,1H3. The highest BCUT2D eigenvalue weighted by Crippen LogP contribution is 2.18. The number of rotatable bonds is 6. The predicted molar refractivity (Wildman–Crippen MR) is 77.7 cm³/mol. The van der Waals surface area contributed by atoms with Gasteiger partial charge in [-0.25, -0.2) is 13.1 Å². The van der Waals surface area contributed by atoms with Gasteiger partial charge in [0.15, 0.2) is 0 Å². The van der Waals surface area contributed by atoms with Crippen LogP contribution in [0, 0.1) is 0 Å². The van der Waals surface area contributed by atoms with Crippen molar-refractivity contribution in [3.8, 4) is 0 Å². The summed E-state index contributed by atoms with van der Waals surface area (Å²) in [7, 11) is -3.15. The fraction of sp³-hybridized carbons (Fsp3) is 0.571. The second-order valence-electron chi connectivity index (χ2n) is 5.15. The van der Waals surface area contributed by atoms with Crippen LogP contribution in [0.25, 0.3) is 0 Å². The van der Waals surface area contributed by atoms with E-state index in [-0.39, 0.29) is 5.25 Å². The molecule has 0 amide bonds. The molecule has 0 aromatic heterocycles. The summed E-state index contributed by atoms with van der Waals surface area (Å²) in [5.74, 6) is 0.366. The van der Waals surface area contributed by atoms with Gasteiger partial charge in [0.25, 0.3) is 0 Å². The largest absolute Gasteiger partial charge is 0.315 e. The van der Waals surface area contributed by atoms with Crippen molar-refractivity contribution in [2.24, 2.45) is 0 Å². The van der Waals surface area contributed by atoms with Crippen molar-refractivity contribution in [3.63, 3.8) is 0 Å². The van der Waals surface area contributed by atoms with E-state index in [2.05, 4.69) is 29.1 Å². The molecule has 1 aliphatic rings. The Bertz CT molecular complexity index is 481. The molecule has 106 valence electrons. The first kappa shape index (κ1) is 14.5. The lowest BCUT2D eigenvalue weighted by Gasteiger charge is -2.15. The van der Waals surface area contributed by atoms with Crippen molar-refractivity contribution in [1.82, 2.24) is 10.0 Å². The lowest BCUT2D eigenvalue weighted by atomic mass is 9.98. The summed E-state index contributed by atoms with van der Waals surface area (Å²) in [4.78, 5) is 0. The fourth-order valence-electron chi connectivity index (χ4n) is 2.38. The van der Waals surface area contributed by atoms with Crippen LogP contribution in [0.4, 0.5) is 0 Å². The van der Waals surface area contributed by atoms with Crippen LogP contribution in [0.15, 0.2) is 30.3 Å². The van der Waals surface area contributed by atoms with Crippen LogP contribution in [0.3, 0.4) is 0 Å². The van der Waals surface area contributed by atoms with Crippen LogP contribution >= 0.6 is 0 Å². The highest BCUT2D eigenvalue weighted by atomic mass is 32.2. The minimum absolute atomic E-state index is 0.264. The Morgan fingerprint density at radius 1 is 1.37 bits per heavy atom. The zero-order valence-electron chi connectivity index (χ0n) is 11.3. The van der Waals surface area contributed by atoms with Crippen LogP contribution in [0.2, 0.25) is 0 Å². The second kappa shape index (κ2) is 6.50. The normalized spacial score (nSPS) is 21.4. The minimum Gasteiger partial charge on any atom is -0.315 e. The smallest absolute Gasteiger partial charge is 0.215 e. The molecule has 2 atom stereocenters. The maximum atomic E-state index is 12.0. The minimum atomic E-state index is -3.15. The number of sulfonamides is 1. The summed E-state index contributed by atoms with van der Waals surface area (Å²) < 4.78 is 26.7. The highest BCUT2D eigenvalue weighted by molar-refractivity contribution is 7.90. The van der Waals surface area contributed by atoms with Gasteiger partial charge in [0.2, 0.25) is 10.0 Å². The molecular weight excluding hydrogens is 260 g/mol. The summed E-state index contributed by atoms with van der Waals surface area (Å²) in [6.45, 7) is 4.01. The molecule has 1 saturated heterocycles. The van der Waals surface area contributed by atoms with Gasteiger partial charge in [0.05, 0.1) is 5.25 Å². The Hall–Kier alpha value is -0.910. The van der Waals surface area contributed by atoms with Gasteiger partial charge in [0, 0.05) is 13.1 Å². The Kier molecular flexibility index (Phi) is 4.96. The Morgan fingerprint density at radius 3 is 2.74 bits per heavy atom. The average Bonchev–Trinajstić information content (AvgIpc) is 2.94. The molecule has 0 aliphatic carbocycles. The topological polar surface area (TPSA) is 58.2 Å². The third kappa shape index (κ3) is 4.03. The van der Waals surface area contributed by atoms with E-state index in [4.69, 9.17) is 0 Å². The van der Waals surface area contributed by atoms with E-state index >= 15 is 0 Å². The summed E-state index contributed by atoms with van der Waals surface area (Å²) in [6, 6.07) is 10.2. The molecule has 5 heteroatoms. The molecule has 0 radical (unpaired) electrons. The molecule has 19 heavy (non-hydrogen) atoms. The van der Waals surface area contributed by atoms with Gasteiger partial charge in [-0.05, 0) is 30.9 Å². The molecule has 1 aliphatic heterocycles. The summed E-state index contributed by atoms with van der Waals surface area (Å²) in [5, 5.41) is 2.82. The van der Waals surface area contributed by atoms with E-state index in [9.17, 15) is 8.42 Å². The molecular formula is C14H22N2O2S. The summed E-state index contributed by atoms with van der Waals surface area (Å²) in [6.07, 6.45) is 1.53. The van der Waals surface area contributed by atoms with Crippen LogP contribution in [0.5, 0.6) is 0 Å². The first-order valence-electron chi connectivity index (χ1n) is 6.84. The van der Waals surface area contributed by atoms with E-state index in [1.165, 1.54) is 5.56 Å². The van der Waals surface area contributed by atoms with Gasteiger partial charge in [-0.2, -0.15) is 0 Å². The van der Waals surface area contributed by atoms with Crippen molar-refractivity contribution in [2.45, 2.75) is 30.9 Å². The van der Waals surface area contributed by atoms with Crippen molar-refractivity contribution in [3.05, 3.63) is 35.9 Å². The zero-order valence-corrected chi connectivity index (χ0v) is 12.1. The molecule has 0 spiro atoms. The molecule has 1 fully saturated rings. The Balaban J connectivity index is 1.80. The molecule has 1 aromatic rings. The van der Waals surface area contributed by atoms with Crippen molar-refractivity contribution in [2.75, 3.05) is 19.6 Å². The number of hydrogen-bond acceptors (Lipinski definition) is 3. The van der Waals surface area contributed by atoms with Gasteiger partial charge in [-0.1, -0.05) is 37.3 Å². The van der Waals surface area contributed by atoms with Crippen molar-refractivity contribution in [1.29, 1.82) is 0 Å². The molecule has 2 unspecified atom stereocenters. The van der Waals surface area contributed by atoms with E-state index < -0.39 is 10.0 Å². The lowest BCUT2D eigenvalue weighted by Crippen LogP contribution is -2.36. The van der Waals surface area contributed by atoms with E-state index in [0.717, 1.165) is 13.0 Å². The Morgan fingerprint density at radius 2 is 2.11 bits per heavy atom. The quantitative estimate of drug-likeness (QED) is 0.830. The molecule has 1 heterocycles. The zero-order chi connectivity index (χ0) is 13.7. The number of nitrogens with one attached hydrogen (secondary N) is 2. The van der Waals surface area contributed by atoms with Crippen molar-refractivity contribution >= 4 is 10.0 Å². The first-order chi connectivity index (χ1) is 9.09. The maximum absolute atomic E-state index is 12.0. The first-order valence-corrected chi connectivity index (χ1v) is 8.38. The lowest BCUT2D eigenvalue weighted by molar-refractivity contribution is 0.560. The average molecular weight is 282 g/mol. The molecule has 2 N–H and O–H groups in total. The monoisotopic (exact) mass is 282 g/mol. The highest BCUT2D eigenvalue weighted by Gasteiger charge is 2.27. The van der Waals surface area contributed by atoms with Crippen LogP contribution in [-0.4, -0.2) is 33.3 Å². The molecule has 4 nitrogen and oxygen atoms in total. The van der Waals surface area contributed by atoms with Gasteiger partial charge in [0.1, 0.15) is 0 Å². The Labute approximate surface area is 115 Å². The molecule has 2 rings (SSSR count). The van der Waals surface area contributed by atoms with E-state index in [1.54, 1.807) is 0 Å². The third-order valence-corrected chi connectivity index (χ3v) is 5.59.